The molecule has 0 N–H and O–H groups in total. The molecule has 2 heterocycles. The van der Waals surface area contributed by atoms with E-state index in [1.54, 1.807) is 0 Å². The van der Waals surface area contributed by atoms with Crippen molar-refractivity contribution in [2.24, 2.45) is 5.41 Å². The second kappa shape index (κ2) is 9.77. The fourth-order valence-corrected chi connectivity index (χ4v) is 8.70. The predicted octanol–water partition coefficient (Wildman–Crippen LogP) is 7.36. The molecule has 0 saturated heterocycles. The minimum atomic E-state index is 0.268. The van der Waals surface area contributed by atoms with Crippen LogP contribution in [0.2, 0.25) is 0 Å². The van der Waals surface area contributed by atoms with E-state index in [-0.39, 0.29) is 5.41 Å². The molecule has 5 rings (SSSR count). The van der Waals surface area contributed by atoms with E-state index in [1.807, 2.05) is 11.8 Å². The van der Waals surface area contributed by atoms with Crippen LogP contribution in [0, 0.1) is 5.41 Å². The zero-order valence-corrected chi connectivity index (χ0v) is 23.1. The van der Waals surface area contributed by atoms with Crippen LogP contribution in [0.25, 0.3) is 15.9 Å². The van der Waals surface area contributed by atoms with Crippen LogP contribution in [0.4, 0.5) is 5.69 Å². The molecule has 1 aromatic heterocycles. The number of allylic oxidation sites excluding steroid dienone is 6. The van der Waals surface area contributed by atoms with Gasteiger partial charge in [-0.05, 0) is 0 Å². The van der Waals surface area contributed by atoms with Crippen molar-refractivity contribution in [1.29, 1.82) is 0 Å². The molecule has 3 aromatic rings. The van der Waals surface area contributed by atoms with Gasteiger partial charge in [-0.2, -0.15) is 0 Å². The summed E-state index contributed by atoms with van der Waals surface area (Å²) in [7, 11) is 0. The van der Waals surface area contributed by atoms with Crippen LogP contribution in [-0.4, -0.2) is 21.0 Å². The average Bonchev–Trinajstić information content (AvgIpc) is 3.34. The molecule has 0 amide bonds. The fraction of sp³-hybridized carbons (Fsp3) is 0.300. The van der Waals surface area contributed by atoms with Crippen LogP contribution < -0.4 is 9.47 Å². The van der Waals surface area contributed by atoms with E-state index >= 15 is 0 Å². The molecule has 1 aliphatic heterocycles. The Morgan fingerprint density at radius 1 is 1.06 bits per heavy atom. The number of thioether (sulfide) groups is 1. The Hall–Kier alpha value is -2.26. The summed E-state index contributed by atoms with van der Waals surface area (Å²) in [5.74, 6) is 0. The summed E-state index contributed by atoms with van der Waals surface area (Å²) in [4.78, 5) is 3.81. The number of aryl methyl sites for hydroxylation is 1. The summed E-state index contributed by atoms with van der Waals surface area (Å²) >= 11 is 2.29. The molecule has 34 heavy (non-hydrogen) atoms. The van der Waals surface area contributed by atoms with E-state index < -0.39 is 0 Å². The van der Waals surface area contributed by atoms with Crippen molar-refractivity contribution in [3.8, 4) is 0 Å². The van der Waals surface area contributed by atoms with E-state index in [4.69, 9.17) is 0 Å². The van der Waals surface area contributed by atoms with E-state index in [0.717, 1.165) is 25.9 Å². The first-order valence-electron chi connectivity index (χ1n) is 12.2. The van der Waals surface area contributed by atoms with Crippen LogP contribution >= 0.6 is 11.8 Å². The van der Waals surface area contributed by atoms with Crippen LogP contribution in [-0.2, 0) is 6.54 Å². The first-order valence-corrected chi connectivity index (χ1v) is 14.8. The quantitative estimate of drug-likeness (QED) is 0.250. The standard InChI is InChI=1S/C30H33N2SSe/c1-5-31-24-13-7-9-15-26(24)33-28(31)19-23-18-22(20-30(3,4)21-23)12-11-17-29-32(6-2)25-14-8-10-16-27(25)34-29/h7-19H,5-6,20-21H2,1-4H3/q+1. The van der Waals surface area contributed by atoms with Gasteiger partial charge >= 0.3 is 203 Å². The van der Waals surface area contributed by atoms with Gasteiger partial charge in [0.05, 0.1) is 0 Å². The van der Waals surface area contributed by atoms with E-state index in [9.17, 15) is 0 Å². The van der Waals surface area contributed by atoms with Crippen molar-refractivity contribution in [2.45, 2.75) is 52.0 Å². The maximum atomic E-state index is 2.47. The van der Waals surface area contributed by atoms with Gasteiger partial charge in [-0.25, -0.2) is 0 Å². The summed E-state index contributed by atoms with van der Waals surface area (Å²) in [6.07, 6.45) is 14.0. The number of fused-ring (bicyclic) bond motifs is 2. The molecule has 174 valence electrons. The molecule has 4 heteroatoms. The zero-order chi connectivity index (χ0) is 23.7. The van der Waals surface area contributed by atoms with Gasteiger partial charge in [-0.15, -0.1) is 0 Å². The molecule has 0 saturated carbocycles. The Morgan fingerprint density at radius 3 is 2.68 bits per heavy atom. The Morgan fingerprint density at radius 2 is 1.85 bits per heavy atom. The SMILES string of the molecule is CCN1C(=CC2=CC(=CC=Cc3[se]c4ccccc4[n+]3CC)CC(C)(C)C2)Sc2ccccc21. The summed E-state index contributed by atoms with van der Waals surface area (Å²) in [6.45, 7) is 11.3. The van der Waals surface area contributed by atoms with Crippen molar-refractivity contribution in [1.82, 2.24) is 0 Å². The number of hydrogen-bond acceptors (Lipinski definition) is 2. The van der Waals surface area contributed by atoms with E-state index in [1.165, 1.54) is 41.1 Å². The van der Waals surface area contributed by atoms with E-state index in [2.05, 4.69) is 116 Å². The van der Waals surface area contributed by atoms with Crippen LogP contribution in [0.15, 0.2) is 93.9 Å². The fourth-order valence-electron chi connectivity index (χ4n) is 5.11. The molecular weight excluding hydrogens is 499 g/mol. The van der Waals surface area contributed by atoms with Crippen molar-refractivity contribution in [2.75, 3.05) is 11.4 Å². The maximum absolute atomic E-state index is 2.47. The first kappa shape index (κ1) is 23.5. The third-order valence-electron chi connectivity index (χ3n) is 6.50. The summed E-state index contributed by atoms with van der Waals surface area (Å²) in [5.41, 5.74) is 5.86. The number of hydrogen-bond donors (Lipinski definition) is 0. The number of para-hydroxylation sites is 2. The average molecular weight is 533 g/mol. The van der Waals surface area contributed by atoms with Crippen molar-refractivity contribution in [3.05, 3.63) is 93.6 Å². The molecule has 1 aliphatic carbocycles. The molecule has 2 nitrogen and oxygen atoms in total. The first-order chi connectivity index (χ1) is 16.5. The van der Waals surface area contributed by atoms with Crippen molar-refractivity contribution < 1.29 is 4.57 Å². The number of aromatic nitrogens is 1. The Kier molecular flexibility index (Phi) is 6.75. The predicted molar refractivity (Wildman–Crippen MR) is 148 cm³/mol. The van der Waals surface area contributed by atoms with Crippen LogP contribution in [0.1, 0.15) is 45.1 Å². The Labute approximate surface area is 214 Å². The topological polar surface area (TPSA) is 7.12 Å². The Bertz CT molecular complexity index is 1340. The molecular formula is C30H33N2SSe+. The van der Waals surface area contributed by atoms with Crippen LogP contribution in [0.3, 0.4) is 0 Å². The molecule has 0 spiro atoms. The molecule has 0 atom stereocenters. The summed E-state index contributed by atoms with van der Waals surface area (Å²) < 4.78 is 5.41. The molecule has 2 aromatic carbocycles. The molecule has 0 unspecified atom stereocenters. The minimum absolute atomic E-state index is 0.268. The van der Waals surface area contributed by atoms with Gasteiger partial charge in [-0.3, -0.25) is 0 Å². The van der Waals surface area contributed by atoms with Gasteiger partial charge in [0.15, 0.2) is 0 Å². The monoisotopic (exact) mass is 533 g/mol. The molecule has 2 aliphatic rings. The van der Waals surface area contributed by atoms with Crippen molar-refractivity contribution in [3.63, 3.8) is 0 Å². The summed E-state index contributed by atoms with van der Waals surface area (Å²) in [5, 5.41) is 1.35. The van der Waals surface area contributed by atoms with Gasteiger partial charge < -0.3 is 0 Å². The molecule has 0 bridgehead atoms. The molecule has 0 fully saturated rings. The second-order valence-electron chi connectivity index (χ2n) is 9.79. The van der Waals surface area contributed by atoms with Gasteiger partial charge in [-0.1, -0.05) is 12.1 Å². The molecule has 0 radical (unpaired) electrons. The van der Waals surface area contributed by atoms with E-state index in [0.29, 0.717) is 14.5 Å². The van der Waals surface area contributed by atoms with Crippen LogP contribution in [0.5, 0.6) is 0 Å². The van der Waals surface area contributed by atoms with Gasteiger partial charge in [0, 0.05) is 0 Å². The number of anilines is 1. The Balaban J connectivity index is 1.43. The van der Waals surface area contributed by atoms with Gasteiger partial charge in [0.2, 0.25) is 0 Å². The second-order valence-corrected chi connectivity index (χ2v) is 13.1. The number of rotatable bonds is 5. The number of benzene rings is 2. The van der Waals surface area contributed by atoms with Crippen molar-refractivity contribution >= 4 is 47.8 Å². The normalized spacial score (nSPS) is 20.0. The third kappa shape index (κ3) is 4.77. The summed E-state index contributed by atoms with van der Waals surface area (Å²) in [6, 6.07) is 17.6. The number of nitrogens with zero attached hydrogens (tertiary/aromatic N) is 2. The van der Waals surface area contributed by atoms with Gasteiger partial charge in [0.1, 0.15) is 0 Å². The van der Waals surface area contributed by atoms with Gasteiger partial charge in [0.25, 0.3) is 0 Å². The third-order valence-corrected chi connectivity index (χ3v) is 9.98. The zero-order valence-electron chi connectivity index (χ0n) is 20.5.